The molecule has 0 fully saturated rings. The minimum atomic E-state index is -0.338. The van der Waals surface area contributed by atoms with E-state index in [0.717, 1.165) is 18.5 Å². The Balaban J connectivity index is 2.88. The van der Waals surface area contributed by atoms with Gasteiger partial charge in [0.1, 0.15) is 5.25 Å². The summed E-state index contributed by atoms with van der Waals surface area (Å²) in [7, 11) is 1.36. The highest BCUT2D eigenvalue weighted by molar-refractivity contribution is 8.00. The largest absolute Gasteiger partial charge is 0.468 e. The first-order valence-electron chi connectivity index (χ1n) is 5.95. The third-order valence-electron chi connectivity index (χ3n) is 2.37. The van der Waals surface area contributed by atoms with Gasteiger partial charge in [-0.1, -0.05) is 32.0 Å². The van der Waals surface area contributed by atoms with Crippen molar-refractivity contribution in [2.24, 2.45) is 0 Å². The fraction of sp³-hybridized carbons (Fsp3) is 0.583. The van der Waals surface area contributed by atoms with Crippen LogP contribution in [0.1, 0.15) is 32.4 Å². The van der Waals surface area contributed by atoms with Gasteiger partial charge in [-0.2, -0.15) is 0 Å². The van der Waals surface area contributed by atoms with E-state index in [9.17, 15) is 9.59 Å². The molecule has 0 saturated heterocycles. The third-order valence-corrected chi connectivity index (χ3v) is 3.59. The number of aromatic amines is 1. The van der Waals surface area contributed by atoms with Crippen LogP contribution in [0.2, 0.25) is 0 Å². The van der Waals surface area contributed by atoms with Gasteiger partial charge in [0.15, 0.2) is 5.16 Å². The Labute approximate surface area is 110 Å². The van der Waals surface area contributed by atoms with Gasteiger partial charge in [-0.3, -0.25) is 9.59 Å². The number of hydrogen-bond donors (Lipinski definition) is 1. The van der Waals surface area contributed by atoms with Crippen LogP contribution in [-0.2, 0) is 16.0 Å². The number of aromatic nitrogens is 2. The lowest BCUT2D eigenvalue weighted by atomic mass is 10.2. The zero-order chi connectivity index (χ0) is 13.5. The minimum Gasteiger partial charge on any atom is -0.468 e. The number of thioether (sulfide) groups is 1. The topological polar surface area (TPSA) is 72.0 Å². The highest BCUT2D eigenvalue weighted by atomic mass is 32.2. The van der Waals surface area contributed by atoms with Gasteiger partial charge in [-0.15, -0.1) is 0 Å². The molecule has 0 unspecified atom stereocenters. The molecule has 6 heteroatoms. The molecule has 0 aliphatic heterocycles. The lowest BCUT2D eigenvalue weighted by Gasteiger charge is -2.11. The molecule has 0 amide bonds. The molecule has 0 aromatic carbocycles. The van der Waals surface area contributed by atoms with Crippen LogP contribution in [0.3, 0.4) is 0 Å². The maximum Gasteiger partial charge on any atom is 0.319 e. The van der Waals surface area contributed by atoms with Crippen molar-refractivity contribution in [2.75, 3.05) is 7.11 Å². The van der Waals surface area contributed by atoms with Crippen LogP contribution < -0.4 is 5.56 Å². The molecule has 1 rings (SSSR count). The van der Waals surface area contributed by atoms with Crippen molar-refractivity contribution >= 4 is 17.7 Å². The fourth-order valence-corrected chi connectivity index (χ4v) is 2.45. The molecule has 1 aromatic heterocycles. The van der Waals surface area contributed by atoms with Crippen molar-refractivity contribution in [3.05, 3.63) is 22.1 Å². The van der Waals surface area contributed by atoms with Gasteiger partial charge in [0, 0.05) is 11.8 Å². The van der Waals surface area contributed by atoms with Gasteiger partial charge in [0.05, 0.1) is 7.11 Å². The zero-order valence-electron chi connectivity index (χ0n) is 10.9. The van der Waals surface area contributed by atoms with Gasteiger partial charge in [-0.05, 0) is 12.8 Å². The number of aryl methyl sites for hydroxylation is 1. The Bertz CT molecular complexity index is 459. The number of esters is 1. The van der Waals surface area contributed by atoms with Gasteiger partial charge in [-0.25, -0.2) is 4.98 Å². The summed E-state index contributed by atoms with van der Waals surface area (Å²) in [6.07, 6.45) is 2.31. The lowest BCUT2D eigenvalue weighted by Crippen LogP contribution is -2.19. The van der Waals surface area contributed by atoms with Crippen LogP contribution in [0.15, 0.2) is 16.0 Å². The molecule has 0 radical (unpaired) electrons. The number of nitrogens with one attached hydrogen (secondary N) is 1. The van der Waals surface area contributed by atoms with Crippen molar-refractivity contribution in [2.45, 2.75) is 43.5 Å². The molecule has 1 heterocycles. The van der Waals surface area contributed by atoms with Gasteiger partial charge >= 0.3 is 5.97 Å². The van der Waals surface area contributed by atoms with E-state index < -0.39 is 0 Å². The second kappa shape index (κ2) is 7.20. The maximum absolute atomic E-state index is 11.5. The second-order valence-electron chi connectivity index (χ2n) is 3.83. The predicted molar refractivity (Wildman–Crippen MR) is 70.8 cm³/mol. The monoisotopic (exact) mass is 270 g/mol. The number of H-pyrrole nitrogens is 1. The molecule has 5 nitrogen and oxygen atoms in total. The van der Waals surface area contributed by atoms with Crippen LogP contribution >= 0.6 is 11.8 Å². The Morgan fingerprint density at radius 2 is 2.28 bits per heavy atom. The number of carbonyl (C=O) groups excluding carboxylic acids is 1. The van der Waals surface area contributed by atoms with E-state index in [4.69, 9.17) is 4.74 Å². The van der Waals surface area contributed by atoms with Crippen molar-refractivity contribution in [1.29, 1.82) is 0 Å². The van der Waals surface area contributed by atoms with Crippen LogP contribution in [0.4, 0.5) is 0 Å². The zero-order valence-corrected chi connectivity index (χ0v) is 11.7. The Hall–Kier alpha value is -1.30. The average molecular weight is 270 g/mol. The highest BCUT2D eigenvalue weighted by Gasteiger charge is 2.19. The molecule has 1 atom stereocenters. The average Bonchev–Trinajstić information content (AvgIpc) is 2.34. The molecule has 0 bridgehead atoms. The fourth-order valence-electron chi connectivity index (χ4n) is 1.49. The van der Waals surface area contributed by atoms with E-state index in [1.807, 2.05) is 13.8 Å². The number of methoxy groups -OCH3 is 1. The normalized spacial score (nSPS) is 12.2. The molecule has 0 aliphatic rings. The summed E-state index contributed by atoms with van der Waals surface area (Å²) >= 11 is 1.23. The molecule has 100 valence electrons. The summed E-state index contributed by atoms with van der Waals surface area (Å²) in [4.78, 5) is 29.9. The van der Waals surface area contributed by atoms with Crippen molar-refractivity contribution in [3.8, 4) is 0 Å². The summed E-state index contributed by atoms with van der Waals surface area (Å²) in [5.41, 5.74) is 0.569. The van der Waals surface area contributed by atoms with Crippen molar-refractivity contribution in [1.82, 2.24) is 9.97 Å². The smallest absolute Gasteiger partial charge is 0.319 e. The van der Waals surface area contributed by atoms with Gasteiger partial charge in [0.2, 0.25) is 0 Å². The second-order valence-corrected chi connectivity index (χ2v) is 5.02. The molecular formula is C12H18N2O3S. The first-order chi connectivity index (χ1) is 8.60. The van der Waals surface area contributed by atoms with Crippen LogP contribution in [0.5, 0.6) is 0 Å². The summed E-state index contributed by atoms with van der Waals surface area (Å²) in [6, 6.07) is 1.49. The molecule has 1 N–H and O–H groups in total. The van der Waals surface area contributed by atoms with Crippen molar-refractivity contribution < 1.29 is 9.53 Å². The first-order valence-corrected chi connectivity index (χ1v) is 6.83. The Morgan fingerprint density at radius 3 is 2.83 bits per heavy atom. The summed E-state index contributed by atoms with van der Waals surface area (Å²) in [5.74, 6) is -0.300. The first kappa shape index (κ1) is 14.8. The van der Waals surface area contributed by atoms with E-state index in [1.54, 1.807) is 0 Å². The maximum atomic E-state index is 11.5. The summed E-state index contributed by atoms with van der Waals surface area (Å²) < 4.78 is 4.70. The van der Waals surface area contributed by atoms with Gasteiger partial charge in [0.25, 0.3) is 5.56 Å². The van der Waals surface area contributed by atoms with E-state index >= 15 is 0 Å². The minimum absolute atomic E-state index is 0.185. The van der Waals surface area contributed by atoms with Crippen molar-refractivity contribution in [3.63, 3.8) is 0 Å². The van der Waals surface area contributed by atoms with E-state index in [1.165, 1.54) is 24.9 Å². The summed E-state index contributed by atoms with van der Waals surface area (Å²) in [6.45, 7) is 3.92. The number of carbonyl (C=O) groups is 1. The van der Waals surface area contributed by atoms with E-state index in [2.05, 4.69) is 9.97 Å². The summed E-state index contributed by atoms with van der Waals surface area (Å²) in [5, 5.41) is 0.137. The number of ether oxygens (including phenoxy) is 1. The quantitative estimate of drug-likeness (QED) is 0.484. The van der Waals surface area contributed by atoms with E-state index in [-0.39, 0.29) is 16.8 Å². The molecule has 18 heavy (non-hydrogen) atoms. The SMILES string of the molecule is CCCc1cc(=O)[nH]c(S[C@@H](CC)C(=O)OC)n1. The predicted octanol–water partition coefficient (Wildman–Crippen LogP) is 1.77. The van der Waals surface area contributed by atoms with Gasteiger partial charge < -0.3 is 9.72 Å². The number of rotatable bonds is 6. The van der Waals surface area contributed by atoms with Crippen LogP contribution in [-0.4, -0.2) is 28.3 Å². The Morgan fingerprint density at radius 1 is 1.56 bits per heavy atom. The number of hydrogen-bond acceptors (Lipinski definition) is 5. The standard InChI is InChI=1S/C12H18N2O3S/c1-4-6-8-7-10(15)14-12(13-8)18-9(5-2)11(16)17-3/h7,9H,4-6H2,1-3H3,(H,13,14,15)/t9-/m0/s1. The number of nitrogens with zero attached hydrogens (tertiary/aromatic N) is 1. The molecular weight excluding hydrogens is 252 g/mol. The van der Waals surface area contributed by atoms with E-state index in [0.29, 0.717) is 11.6 Å². The molecule has 0 spiro atoms. The molecule has 1 aromatic rings. The van der Waals surface area contributed by atoms with Crippen LogP contribution in [0, 0.1) is 0 Å². The highest BCUT2D eigenvalue weighted by Crippen LogP contribution is 2.22. The third kappa shape index (κ3) is 4.18. The van der Waals surface area contributed by atoms with Crippen LogP contribution in [0.25, 0.3) is 0 Å². The lowest BCUT2D eigenvalue weighted by molar-refractivity contribution is -0.140. The molecule has 0 saturated carbocycles. The molecule has 0 aliphatic carbocycles. The Kier molecular flexibility index (Phi) is 5.91.